The summed E-state index contributed by atoms with van der Waals surface area (Å²) < 4.78 is 42.9. The Morgan fingerprint density at radius 1 is 1.15 bits per heavy atom. The average Bonchev–Trinajstić information content (AvgIpc) is 2.34. The highest BCUT2D eigenvalue weighted by Gasteiger charge is 2.22. The van der Waals surface area contributed by atoms with Gasteiger partial charge in [-0.2, -0.15) is 8.42 Å². The maximum Gasteiger partial charge on any atom is 0.342 e. The molecule has 6 heteroatoms. The van der Waals surface area contributed by atoms with Crippen molar-refractivity contribution in [2.24, 2.45) is 0 Å². The first-order valence-corrected chi connectivity index (χ1v) is 7.55. The fourth-order valence-corrected chi connectivity index (χ4v) is 2.85. The van der Waals surface area contributed by atoms with Gasteiger partial charge >= 0.3 is 10.1 Å². The average molecular weight is 315 g/mol. The van der Waals surface area contributed by atoms with Crippen molar-refractivity contribution in [1.29, 1.82) is 0 Å². The molecular weight excluding hydrogens is 303 g/mol. The van der Waals surface area contributed by atoms with Crippen molar-refractivity contribution in [2.75, 3.05) is 0 Å². The highest BCUT2D eigenvalue weighted by molar-refractivity contribution is 7.87. The van der Waals surface area contributed by atoms with Crippen molar-refractivity contribution < 1.29 is 17.0 Å². The van der Waals surface area contributed by atoms with Crippen molar-refractivity contribution in [1.82, 2.24) is 0 Å². The van der Waals surface area contributed by atoms with Crippen molar-refractivity contribution in [2.45, 2.75) is 18.7 Å². The predicted molar refractivity (Wildman–Crippen MR) is 75.1 cm³/mol. The fourth-order valence-electron chi connectivity index (χ4n) is 1.66. The first-order valence-electron chi connectivity index (χ1n) is 5.77. The molecule has 0 N–H and O–H groups in total. The van der Waals surface area contributed by atoms with E-state index in [4.69, 9.17) is 15.8 Å². The zero-order valence-corrected chi connectivity index (χ0v) is 12.4. The summed E-state index contributed by atoms with van der Waals surface area (Å²) in [5, 5.41) is 0.119. The monoisotopic (exact) mass is 314 g/mol. The molecule has 0 atom stereocenters. The minimum absolute atomic E-state index is 0.119. The van der Waals surface area contributed by atoms with E-state index < -0.39 is 20.8 Å². The van der Waals surface area contributed by atoms with Crippen LogP contribution in [-0.4, -0.2) is 8.42 Å². The lowest BCUT2D eigenvalue weighted by Gasteiger charge is -2.11. The molecule has 0 aromatic heterocycles. The van der Waals surface area contributed by atoms with Crippen LogP contribution < -0.4 is 4.18 Å². The summed E-state index contributed by atoms with van der Waals surface area (Å²) >= 11 is 5.60. The van der Waals surface area contributed by atoms with Crippen LogP contribution in [0.1, 0.15) is 11.1 Å². The second-order valence-corrected chi connectivity index (χ2v) is 6.26. The van der Waals surface area contributed by atoms with E-state index in [1.807, 2.05) is 13.0 Å². The van der Waals surface area contributed by atoms with Gasteiger partial charge in [0.1, 0.15) is 16.5 Å². The maximum atomic E-state index is 13.7. The molecule has 0 aliphatic heterocycles. The topological polar surface area (TPSA) is 43.4 Å². The van der Waals surface area contributed by atoms with Gasteiger partial charge < -0.3 is 4.18 Å². The van der Waals surface area contributed by atoms with Crippen LogP contribution in [0.15, 0.2) is 41.3 Å². The van der Waals surface area contributed by atoms with Gasteiger partial charge in [0.25, 0.3) is 0 Å². The molecule has 0 bridgehead atoms. The van der Waals surface area contributed by atoms with Gasteiger partial charge in [-0.3, -0.25) is 0 Å². The van der Waals surface area contributed by atoms with Gasteiger partial charge in [-0.05, 0) is 49.2 Å². The molecule has 0 amide bonds. The van der Waals surface area contributed by atoms with E-state index in [1.165, 1.54) is 12.1 Å². The maximum absolute atomic E-state index is 13.7. The number of halogens is 2. The molecule has 0 aliphatic rings. The van der Waals surface area contributed by atoms with Crippen LogP contribution in [0.3, 0.4) is 0 Å². The molecule has 2 rings (SSSR count). The van der Waals surface area contributed by atoms with Gasteiger partial charge in [0, 0.05) is 5.02 Å². The van der Waals surface area contributed by atoms with Gasteiger partial charge in [0.05, 0.1) is 0 Å². The van der Waals surface area contributed by atoms with Crippen LogP contribution >= 0.6 is 11.6 Å². The van der Waals surface area contributed by atoms with E-state index in [-0.39, 0.29) is 10.8 Å². The van der Waals surface area contributed by atoms with E-state index in [1.54, 1.807) is 13.0 Å². The van der Waals surface area contributed by atoms with Crippen molar-refractivity contribution >= 4 is 21.7 Å². The third-order valence-corrected chi connectivity index (χ3v) is 4.42. The van der Waals surface area contributed by atoms with Crippen LogP contribution in [-0.2, 0) is 10.1 Å². The van der Waals surface area contributed by atoms with E-state index in [9.17, 15) is 12.8 Å². The van der Waals surface area contributed by atoms with Gasteiger partial charge in [-0.1, -0.05) is 23.7 Å². The molecule has 0 unspecified atom stereocenters. The van der Waals surface area contributed by atoms with Crippen molar-refractivity contribution in [3.63, 3.8) is 0 Å². The molecule has 2 aromatic carbocycles. The summed E-state index contributed by atoms with van der Waals surface area (Å²) in [7, 11) is -4.23. The smallest absolute Gasteiger partial charge is 0.342 e. The summed E-state index contributed by atoms with van der Waals surface area (Å²) in [6, 6.07) is 8.33. The lowest BCUT2D eigenvalue weighted by molar-refractivity contribution is 0.474. The number of aryl methyl sites for hydroxylation is 1. The molecule has 0 heterocycles. The molecule has 0 saturated heterocycles. The Balaban J connectivity index is 2.44. The van der Waals surface area contributed by atoms with Crippen LogP contribution in [0, 0.1) is 19.7 Å². The third-order valence-electron chi connectivity index (χ3n) is 2.92. The van der Waals surface area contributed by atoms with Gasteiger partial charge in [0.2, 0.25) is 0 Å². The molecule has 3 nitrogen and oxygen atoms in total. The van der Waals surface area contributed by atoms with E-state index >= 15 is 0 Å². The highest BCUT2D eigenvalue weighted by atomic mass is 35.5. The quantitative estimate of drug-likeness (QED) is 0.808. The molecule has 20 heavy (non-hydrogen) atoms. The van der Waals surface area contributed by atoms with Crippen molar-refractivity contribution in [3.8, 4) is 5.75 Å². The number of hydrogen-bond acceptors (Lipinski definition) is 3. The molecule has 0 fully saturated rings. The lowest BCUT2D eigenvalue weighted by Crippen LogP contribution is -2.12. The largest absolute Gasteiger partial charge is 0.379 e. The minimum Gasteiger partial charge on any atom is -0.379 e. The van der Waals surface area contributed by atoms with Crippen LogP contribution in [0.25, 0.3) is 0 Å². The Morgan fingerprint density at radius 2 is 1.85 bits per heavy atom. The number of benzene rings is 2. The normalized spacial score (nSPS) is 11.4. The van der Waals surface area contributed by atoms with Crippen molar-refractivity contribution in [3.05, 3.63) is 58.4 Å². The van der Waals surface area contributed by atoms with Gasteiger partial charge in [0.15, 0.2) is 0 Å². The predicted octanol–water partition coefficient (Wildman–Crippen LogP) is 3.86. The Kier molecular flexibility index (Phi) is 4.01. The summed E-state index contributed by atoms with van der Waals surface area (Å²) in [6.07, 6.45) is 0. The Hall–Kier alpha value is -1.59. The second kappa shape index (κ2) is 5.42. The summed E-state index contributed by atoms with van der Waals surface area (Å²) in [5.74, 6) is -0.762. The van der Waals surface area contributed by atoms with Crippen LogP contribution in [0.4, 0.5) is 4.39 Å². The third kappa shape index (κ3) is 2.94. The Labute approximate surface area is 122 Å². The number of hydrogen-bond donors (Lipinski definition) is 0. The van der Waals surface area contributed by atoms with Gasteiger partial charge in [-0.25, -0.2) is 4.39 Å². The van der Waals surface area contributed by atoms with E-state index in [0.29, 0.717) is 5.56 Å². The van der Waals surface area contributed by atoms with Crippen LogP contribution in [0.5, 0.6) is 5.75 Å². The molecule has 0 saturated carbocycles. The molecular formula is C14H12ClFO3S. The minimum atomic E-state index is -4.23. The molecule has 106 valence electrons. The Morgan fingerprint density at radius 3 is 2.50 bits per heavy atom. The summed E-state index contributed by atoms with van der Waals surface area (Å²) in [5.41, 5.74) is 1.57. The number of rotatable bonds is 3. The standard InChI is InChI=1S/C14H12ClFO3S/c1-9-4-3-5-13(10(9)2)19-20(17,18)14-7-6-11(15)8-12(14)16/h3-8H,1-2H3. The zero-order valence-electron chi connectivity index (χ0n) is 10.9. The van der Waals surface area contributed by atoms with Gasteiger partial charge in [-0.15, -0.1) is 0 Å². The fraction of sp³-hybridized carbons (Fsp3) is 0.143. The summed E-state index contributed by atoms with van der Waals surface area (Å²) in [6.45, 7) is 3.57. The highest BCUT2D eigenvalue weighted by Crippen LogP contribution is 2.26. The van der Waals surface area contributed by atoms with Crippen LogP contribution in [0.2, 0.25) is 5.02 Å². The van der Waals surface area contributed by atoms with E-state index in [2.05, 4.69) is 0 Å². The molecule has 0 spiro atoms. The lowest BCUT2D eigenvalue weighted by atomic mass is 10.1. The Bertz CT molecular complexity index is 757. The zero-order chi connectivity index (χ0) is 14.9. The van der Waals surface area contributed by atoms with E-state index in [0.717, 1.165) is 17.7 Å². The first-order chi connectivity index (χ1) is 9.31. The first kappa shape index (κ1) is 14.8. The molecule has 2 aromatic rings. The molecule has 0 aliphatic carbocycles. The second-order valence-electron chi connectivity index (χ2n) is 4.31. The summed E-state index contributed by atoms with van der Waals surface area (Å²) in [4.78, 5) is -0.539. The SMILES string of the molecule is Cc1cccc(OS(=O)(=O)c2ccc(Cl)cc2F)c1C. The molecule has 0 radical (unpaired) electrons.